The van der Waals surface area contributed by atoms with Crippen molar-refractivity contribution in [2.24, 2.45) is 0 Å². The van der Waals surface area contributed by atoms with Crippen LogP contribution in [0.5, 0.6) is 0 Å². The summed E-state index contributed by atoms with van der Waals surface area (Å²) in [5.41, 5.74) is 0.245. The minimum absolute atomic E-state index is 0.0252. The molecule has 5 heteroatoms. The molecule has 0 saturated heterocycles. The Morgan fingerprint density at radius 3 is 2.78 bits per heavy atom. The van der Waals surface area contributed by atoms with Crippen LogP contribution in [0, 0.1) is 11.6 Å². The Morgan fingerprint density at radius 2 is 2.11 bits per heavy atom. The maximum Gasteiger partial charge on any atom is 0.244 e. The fraction of sp³-hybridized carbons (Fsp3) is 0.154. The summed E-state index contributed by atoms with van der Waals surface area (Å²) < 4.78 is 25.9. The average Bonchev–Trinajstić information content (AvgIpc) is 2.33. The first-order chi connectivity index (χ1) is 8.63. The molecule has 1 aromatic carbocycles. The molecule has 96 valence electrons. The van der Waals surface area contributed by atoms with Gasteiger partial charge >= 0.3 is 0 Å². The van der Waals surface area contributed by atoms with Gasteiger partial charge in [-0.25, -0.2) is 8.78 Å². The first-order valence-corrected chi connectivity index (χ1v) is 6.36. The van der Waals surface area contributed by atoms with Gasteiger partial charge in [0.05, 0.1) is 0 Å². The lowest BCUT2D eigenvalue weighted by Gasteiger charge is -2.03. The molecule has 0 fully saturated rings. The van der Waals surface area contributed by atoms with Crippen molar-refractivity contribution in [3.63, 3.8) is 0 Å². The van der Waals surface area contributed by atoms with Gasteiger partial charge < -0.3 is 5.32 Å². The molecule has 0 saturated carbocycles. The third-order valence-corrected chi connectivity index (χ3v) is 2.43. The lowest BCUT2D eigenvalue weighted by atomic mass is 10.2. The first-order valence-electron chi connectivity index (χ1n) is 5.24. The van der Waals surface area contributed by atoms with E-state index in [4.69, 9.17) is 0 Å². The van der Waals surface area contributed by atoms with Crippen LogP contribution in [0.4, 0.5) is 8.78 Å². The third-order valence-electron chi connectivity index (χ3n) is 2.05. The van der Waals surface area contributed by atoms with Crippen LogP contribution in [0.15, 0.2) is 42.5 Å². The zero-order chi connectivity index (χ0) is 13.4. The van der Waals surface area contributed by atoms with Gasteiger partial charge in [0.25, 0.3) is 0 Å². The van der Waals surface area contributed by atoms with E-state index in [0.29, 0.717) is 5.33 Å². The molecule has 0 atom stereocenters. The van der Waals surface area contributed by atoms with Crippen LogP contribution >= 0.6 is 15.9 Å². The largest absolute Gasteiger partial charge is 0.348 e. The van der Waals surface area contributed by atoms with E-state index >= 15 is 0 Å². The Hall–Kier alpha value is -1.49. The number of alkyl halides is 1. The van der Waals surface area contributed by atoms with Crippen molar-refractivity contribution in [2.45, 2.75) is 6.54 Å². The summed E-state index contributed by atoms with van der Waals surface area (Å²) >= 11 is 3.20. The van der Waals surface area contributed by atoms with Gasteiger partial charge in [0.15, 0.2) is 0 Å². The number of hydrogen-bond acceptors (Lipinski definition) is 1. The second-order valence-electron chi connectivity index (χ2n) is 3.40. The highest BCUT2D eigenvalue weighted by Crippen LogP contribution is 2.08. The summed E-state index contributed by atoms with van der Waals surface area (Å²) in [6.45, 7) is 0.0252. The SMILES string of the molecule is O=C(/C=C/C=C/CBr)NCc1ccc(F)cc1F. The van der Waals surface area contributed by atoms with E-state index in [1.165, 1.54) is 12.1 Å². The average molecular weight is 316 g/mol. The van der Waals surface area contributed by atoms with E-state index in [1.807, 2.05) is 6.08 Å². The van der Waals surface area contributed by atoms with Crippen molar-refractivity contribution < 1.29 is 13.6 Å². The Bertz CT molecular complexity index is 472. The monoisotopic (exact) mass is 315 g/mol. The van der Waals surface area contributed by atoms with Gasteiger partial charge in [-0.05, 0) is 6.07 Å². The van der Waals surface area contributed by atoms with E-state index in [0.717, 1.165) is 12.1 Å². The van der Waals surface area contributed by atoms with Crippen molar-refractivity contribution in [3.05, 3.63) is 59.7 Å². The number of amides is 1. The number of allylic oxidation sites excluding steroid dienone is 3. The molecule has 0 heterocycles. The number of nitrogens with one attached hydrogen (secondary N) is 1. The van der Waals surface area contributed by atoms with Crippen LogP contribution < -0.4 is 5.32 Å². The van der Waals surface area contributed by atoms with Gasteiger partial charge in [-0.2, -0.15) is 0 Å². The lowest BCUT2D eigenvalue weighted by Crippen LogP contribution is -2.20. The molecule has 0 bridgehead atoms. The van der Waals surface area contributed by atoms with Crippen molar-refractivity contribution in [1.82, 2.24) is 5.32 Å². The maximum absolute atomic E-state index is 13.2. The van der Waals surface area contributed by atoms with E-state index in [9.17, 15) is 13.6 Å². The molecule has 1 amide bonds. The summed E-state index contributed by atoms with van der Waals surface area (Å²) in [4.78, 5) is 11.3. The Morgan fingerprint density at radius 1 is 1.33 bits per heavy atom. The normalized spacial score (nSPS) is 11.3. The predicted octanol–water partition coefficient (Wildman–Crippen LogP) is 3.09. The molecule has 0 aliphatic heterocycles. The number of benzene rings is 1. The summed E-state index contributed by atoms with van der Waals surface area (Å²) in [6, 6.07) is 3.24. The number of carbonyl (C=O) groups is 1. The quantitative estimate of drug-likeness (QED) is 0.505. The molecule has 18 heavy (non-hydrogen) atoms. The Kier molecular flexibility index (Phi) is 6.28. The molecule has 0 unspecified atom stereocenters. The number of carbonyl (C=O) groups excluding carboxylic acids is 1. The van der Waals surface area contributed by atoms with E-state index < -0.39 is 11.6 Å². The number of rotatable bonds is 5. The second kappa shape index (κ2) is 7.76. The van der Waals surface area contributed by atoms with Gasteiger partial charge in [-0.3, -0.25) is 4.79 Å². The van der Waals surface area contributed by atoms with Crippen LogP contribution in [0.2, 0.25) is 0 Å². The third kappa shape index (κ3) is 5.23. The Labute approximate surface area is 113 Å². The summed E-state index contributed by atoms with van der Waals surface area (Å²) in [5.74, 6) is -1.64. The predicted molar refractivity (Wildman–Crippen MR) is 70.3 cm³/mol. The minimum Gasteiger partial charge on any atom is -0.348 e. The number of hydrogen-bond donors (Lipinski definition) is 1. The molecule has 1 aromatic rings. The lowest BCUT2D eigenvalue weighted by molar-refractivity contribution is -0.116. The summed E-state index contributed by atoms with van der Waals surface area (Å²) in [5, 5.41) is 3.21. The standard InChI is InChI=1S/C13H12BrF2NO/c14-7-3-1-2-4-13(18)17-9-10-5-6-11(15)8-12(10)16/h1-6,8H,7,9H2,(H,17,18)/b3-1+,4-2+. The molecular formula is C13H12BrF2NO. The highest BCUT2D eigenvalue weighted by molar-refractivity contribution is 9.09. The molecule has 0 aliphatic carbocycles. The molecule has 1 rings (SSSR count). The van der Waals surface area contributed by atoms with Crippen molar-refractivity contribution >= 4 is 21.8 Å². The van der Waals surface area contributed by atoms with Gasteiger partial charge in [-0.15, -0.1) is 0 Å². The van der Waals surface area contributed by atoms with Crippen LogP contribution in [-0.4, -0.2) is 11.2 Å². The van der Waals surface area contributed by atoms with Crippen molar-refractivity contribution in [2.75, 3.05) is 5.33 Å². The molecule has 2 nitrogen and oxygen atoms in total. The van der Waals surface area contributed by atoms with Crippen LogP contribution in [0.3, 0.4) is 0 Å². The van der Waals surface area contributed by atoms with Crippen LogP contribution in [-0.2, 0) is 11.3 Å². The smallest absolute Gasteiger partial charge is 0.244 e. The van der Waals surface area contributed by atoms with E-state index in [-0.39, 0.29) is 18.0 Å². The molecule has 0 radical (unpaired) electrons. The van der Waals surface area contributed by atoms with Gasteiger partial charge in [0.1, 0.15) is 11.6 Å². The molecule has 0 aliphatic rings. The minimum atomic E-state index is -0.668. The summed E-state index contributed by atoms with van der Waals surface area (Å²) in [6.07, 6.45) is 6.45. The topological polar surface area (TPSA) is 29.1 Å². The second-order valence-corrected chi connectivity index (χ2v) is 4.04. The van der Waals surface area contributed by atoms with Crippen LogP contribution in [0.25, 0.3) is 0 Å². The van der Waals surface area contributed by atoms with Gasteiger partial charge in [0, 0.05) is 29.6 Å². The number of halogens is 3. The van der Waals surface area contributed by atoms with Gasteiger partial charge in [-0.1, -0.05) is 40.2 Å². The molecule has 0 aromatic heterocycles. The van der Waals surface area contributed by atoms with E-state index in [2.05, 4.69) is 21.2 Å². The fourth-order valence-electron chi connectivity index (χ4n) is 1.18. The Balaban J connectivity index is 2.47. The zero-order valence-electron chi connectivity index (χ0n) is 9.50. The van der Waals surface area contributed by atoms with Crippen molar-refractivity contribution in [1.29, 1.82) is 0 Å². The fourth-order valence-corrected chi connectivity index (χ4v) is 1.40. The highest BCUT2D eigenvalue weighted by atomic mass is 79.9. The van der Waals surface area contributed by atoms with Crippen LogP contribution in [0.1, 0.15) is 5.56 Å². The molecular weight excluding hydrogens is 304 g/mol. The van der Waals surface area contributed by atoms with E-state index in [1.54, 1.807) is 12.2 Å². The zero-order valence-corrected chi connectivity index (χ0v) is 11.1. The maximum atomic E-state index is 13.2. The molecule has 1 N–H and O–H groups in total. The molecule has 0 spiro atoms. The summed E-state index contributed by atoms with van der Waals surface area (Å²) in [7, 11) is 0. The van der Waals surface area contributed by atoms with Gasteiger partial charge in [0.2, 0.25) is 5.91 Å². The first kappa shape index (κ1) is 14.6. The highest BCUT2D eigenvalue weighted by Gasteiger charge is 2.04. The van der Waals surface area contributed by atoms with Crippen molar-refractivity contribution in [3.8, 4) is 0 Å².